The lowest BCUT2D eigenvalue weighted by molar-refractivity contribution is 0.0696. The fourth-order valence-electron chi connectivity index (χ4n) is 2.12. The number of sulfonamides is 1. The number of benzene rings is 1. The maximum Gasteiger partial charge on any atom is 0.335 e. The highest BCUT2D eigenvalue weighted by molar-refractivity contribution is 7.89. The van der Waals surface area contributed by atoms with Gasteiger partial charge in [0.2, 0.25) is 10.0 Å². The van der Waals surface area contributed by atoms with E-state index < -0.39 is 16.0 Å². The van der Waals surface area contributed by atoms with E-state index in [2.05, 4.69) is 14.8 Å². The minimum atomic E-state index is -3.83. The Balaban J connectivity index is 1.72. The molecule has 2 aromatic heterocycles. The Morgan fingerprint density at radius 1 is 1.20 bits per heavy atom. The minimum Gasteiger partial charge on any atom is -0.478 e. The normalized spacial score (nSPS) is 11.4. The third-order valence-electron chi connectivity index (χ3n) is 3.41. The van der Waals surface area contributed by atoms with E-state index in [1.807, 2.05) is 0 Å². The van der Waals surface area contributed by atoms with Gasteiger partial charge in [-0.05, 0) is 35.9 Å². The first-order valence-corrected chi connectivity index (χ1v) is 8.72. The highest BCUT2D eigenvalue weighted by atomic mass is 32.2. The zero-order valence-electron chi connectivity index (χ0n) is 12.9. The topological polar surface area (TPSA) is 114 Å². The Labute approximate surface area is 143 Å². The number of rotatable bonds is 6. The zero-order valence-corrected chi connectivity index (χ0v) is 13.7. The average Bonchev–Trinajstić information content (AvgIpc) is 3.15. The summed E-state index contributed by atoms with van der Waals surface area (Å²) in [4.78, 5) is 15.1. The first kappa shape index (κ1) is 16.8. The van der Waals surface area contributed by atoms with Gasteiger partial charge in [0.25, 0.3) is 0 Å². The van der Waals surface area contributed by atoms with Crippen LogP contribution in [-0.4, -0.2) is 34.3 Å². The molecule has 8 nitrogen and oxygen atoms in total. The van der Waals surface area contributed by atoms with Crippen LogP contribution in [0.1, 0.15) is 15.9 Å². The molecule has 2 N–H and O–H groups in total. The third kappa shape index (κ3) is 3.90. The van der Waals surface area contributed by atoms with Crippen LogP contribution in [0.2, 0.25) is 0 Å². The van der Waals surface area contributed by atoms with Crippen LogP contribution in [0.4, 0.5) is 0 Å². The average molecular weight is 358 g/mol. The van der Waals surface area contributed by atoms with Gasteiger partial charge in [-0.3, -0.25) is 0 Å². The lowest BCUT2D eigenvalue weighted by Crippen LogP contribution is -2.23. The molecule has 0 fully saturated rings. The van der Waals surface area contributed by atoms with Crippen molar-refractivity contribution in [1.29, 1.82) is 0 Å². The highest BCUT2D eigenvalue weighted by Gasteiger charge is 2.16. The van der Waals surface area contributed by atoms with Gasteiger partial charge in [0, 0.05) is 25.1 Å². The molecule has 0 saturated heterocycles. The van der Waals surface area contributed by atoms with Crippen molar-refractivity contribution >= 4 is 16.0 Å². The summed E-state index contributed by atoms with van der Waals surface area (Å²) in [6.45, 7) is 0.0337. The van der Waals surface area contributed by atoms with E-state index in [1.54, 1.807) is 41.5 Å². The van der Waals surface area contributed by atoms with Crippen molar-refractivity contribution in [1.82, 2.24) is 19.5 Å². The third-order valence-corrected chi connectivity index (χ3v) is 4.80. The fourth-order valence-corrected chi connectivity index (χ4v) is 3.18. The molecule has 0 bridgehead atoms. The molecule has 9 heteroatoms. The summed E-state index contributed by atoms with van der Waals surface area (Å²) < 4.78 is 28.6. The number of pyridine rings is 1. The van der Waals surface area contributed by atoms with Crippen LogP contribution in [0.25, 0.3) is 5.82 Å². The number of nitrogens with zero attached hydrogens (tertiary/aromatic N) is 3. The quantitative estimate of drug-likeness (QED) is 0.689. The van der Waals surface area contributed by atoms with Crippen LogP contribution in [0, 0.1) is 0 Å². The van der Waals surface area contributed by atoms with Crippen molar-refractivity contribution in [3.8, 4) is 5.82 Å². The second kappa shape index (κ2) is 6.83. The molecule has 1 aromatic carbocycles. The van der Waals surface area contributed by atoms with E-state index in [-0.39, 0.29) is 17.0 Å². The van der Waals surface area contributed by atoms with E-state index in [9.17, 15) is 13.2 Å². The lowest BCUT2D eigenvalue weighted by Gasteiger charge is -2.08. The summed E-state index contributed by atoms with van der Waals surface area (Å²) in [7, 11) is -3.83. The van der Waals surface area contributed by atoms with Gasteiger partial charge in [0.15, 0.2) is 5.82 Å². The number of carboxylic acids is 1. The fraction of sp³-hybridized carbons (Fsp3) is 0.0625. The van der Waals surface area contributed by atoms with Gasteiger partial charge in [-0.15, -0.1) is 0 Å². The number of carboxylic acid groups (broad SMARTS) is 1. The molecule has 0 aliphatic heterocycles. The number of nitrogens with one attached hydrogen (secondary N) is 1. The van der Waals surface area contributed by atoms with Crippen molar-refractivity contribution < 1.29 is 18.3 Å². The Kier molecular flexibility index (Phi) is 4.59. The molecule has 128 valence electrons. The van der Waals surface area contributed by atoms with Crippen LogP contribution >= 0.6 is 0 Å². The minimum absolute atomic E-state index is 0.0337. The number of hydrogen-bond acceptors (Lipinski definition) is 5. The lowest BCUT2D eigenvalue weighted by atomic mass is 10.2. The summed E-state index contributed by atoms with van der Waals surface area (Å²) in [5, 5.41) is 13.0. The predicted octanol–water partition coefficient (Wildman–Crippen LogP) is 1.44. The smallest absolute Gasteiger partial charge is 0.335 e. The van der Waals surface area contributed by atoms with Crippen LogP contribution in [0.3, 0.4) is 0 Å². The number of hydrogen-bond donors (Lipinski definition) is 2. The maximum atomic E-state index is 12.3. The van der Waals surface area contributed by atoms with Gasteiger partial charge in [-0.2, -0.15) is 5.10 Å². The standard InChI is InChI=1S/C16H14N4O4S/c21-16(22)13-3-1-4-14(9-13)25(23,24)19-11-12-5-6-15(17-10-12)20-8-2-7-18-20/h1-10,19H,11H2,(H,21,22). The van der Waals surface area contributed by atoms with Gasteiger partial charge in [0.05, 0.1) is 10.5 Å². The Bertz CT molecular complexity index is 983. The molecule has 3 aromatic rings. The molecule has 0 atom stereocenters. The summed E-state index contributed by atoms with van der Waals surface area (Å²) in [6.07, 6.45) is 4.93. The molecular formula is C16H14N4O4S. The molecule has 25 heavy (non-hydrogen) atoms. The van der Waals surface area contributed by atoms with Crippen molar-refractivity contribution in [2.75, 3.05) is 0 Å². The van der Waals surface area contributed by atoms with E-state index in [0.717, 1.165) is 6.07 Å². The molecule has 0 spiro atoms. The molecule has 0 unspecified atom stereocenters. The Morgan fingerprint density at radius 3 is 2.68 bits per heavy atom. The van der Waals surface area contributed by atoms with Crippen molar-refractivity contribution in [3.05, 3.63) is 72.2 Å². The van der Waals surface area contributed by atoms with Gasteiger partial charge < -0.3 is 5.11 Å². The molecule has 0 aliphatic carbocycles. The summed E-state index contributed by atoms with van der Waals surface area (Å²) >= 11 is 0. The maximum absolute atomic E-state index is 12.3. The number of carbonyl (C=O) groups is 1. The van der Waals surface area contributed by atoms with Crippen molar-refractivity contribution in [3.63, 3.8) is 0 Å². The first-order chi connectivity index (χ1) is 12.0. The molecule has 0 aliphatic rings. The largest absolute Gasteiger partial charge is 0.478 e. The van der Waals surface area contributed by atoms with Gasteiger partial charge in [-0.25, -0.2) is 27.6 Å². The molecule has 0 radical (unpaired) electrons. The van der Waals surface area contributed by atoms with E-state index >= 15 is 0 Å². The first-order valence-electron chi connectivity index (χ1n) is 7.24. The van der Waals surface area contributed by atoms with E-state index in [0.29, 0.717) is 11.4 Å². The second-order valence-corrected chi connectivity index (χ2v) is 6.90. The molecule has 0 amide bonds. The van der Waals surface area contributed by atoms with Crippen LogP contribution in [0.5, 0.6) is 0 Å². The summed E-state index contributed by atoms with van der Waals surface area (Å²) in [6, 6.07) is 10.4. The second-order valence-electron chi connectivity index (χ2n) is 5.13. The SMILES string of the molecule is O=C(O)c1cccc(S(=O)(=O)NCc2ccc(-n3cccn3)nc2)c1. The summed E-state index contributed by atoms with van der Waals surface area (Å²) in [5.41, 5.74) is 0.571. The monoisotopic (exact) mass is 358 g/mol. The van der Waals surface area contributed by atoms with Gasteiger partial charge >= 0.3 is 5.97 Å². The van der Waals surface area contributed by atoms with Crippen molar-refractivity contribution in [2.24, 2.45) is 0 Å². The predicted molar refractivity (Wildman–Crippen MR) is 88.8 cm³/mol. The van der Waals surface area contributed by atoms with Crippen LogP contribution in [-0.2, 0) is 16.6 Å². The molecule has 3 rings (SSSR count). The van der Waals surface area contributed by atoms with E-state index in [4.69, 9.17) is 5.11 Å². The Morgan fingerprint density at radius 2 is 2.04 bits per heavy atom. The molecule has 2 heterocycles. The van der Waals surface area contributed by atoms with Crippen LogP contribution in [0.15, 0.2) is 66.0 Å². The van der Waals surface area contributed by atoms with E-state index in [1.165, 1.54) is 18.2 Å². The highest BCUT2D eigenvalue weighted by Crippen LogP contribution is 2.12. The van der Waals surface area contributed by atoms with Gasteiger partial charge in [0.1, 0.15) is 0 Å². The molecule has 0 saturated carbocycles. The van der Waals surface area contributed by atoms with Crippen molar-refractivity contribution in [2.45, 2.75) is 11.4 Å². The summed E-state index contributed by atoms with van der Waals surface area (Å²) in [5.74, 6) is -0.568. The van der Waals surface area contributed by atoms with Crippen LogP contribution < -0.4 is 4.72 Å². The number of aromatic nitrogens is 3. The van der Waals surface area contributed by atoms with Gasteiger partial charge in [-0.1, -0.05) is 12.1 Å². The Hall–Kier alpha value is -3.04. The molecular weight excluding hydrogens is 344 g/mol. The zero-order chi connectivity index (χ0) is 17.9. The number of aromatic carboxylic acids is 1.